The van der Waals surface area contributed by atoms with E-state index in [2.05, 4.69) is 77.5 Å². The molecular weight excluding hydrogens is 456 g/mol. The first kappa shape index (κ1) is 24.7. The molecule has 4 aromatic carbocycles. The summed E-state index contributed by atoms with van der Waals surface area (Å²) in [6.07, 6.45) is 1.20. The Morgan fingerprint density at radius 2 is 1.34 bits per heavy atom. The summed E-state index contributed by atoms with van der Waals surface area (Å²) in [5.41, 5.74) is 9.16. The summed E-state index contributed by atoms with van der Waals surface area (Å²) < 4.78 is 0. The van der Waals surface area contributed by atoms with Crippen molar-refractivity contribution in [2.45, 2.75) is 31.5 Å². The molecule has 1 fully saturated rings. The number of nitrogens with one attached hydrogen (secondary N) is 2. The van der Waals surface area contributed by atoms with E-state index in [1.807, 2.05) is 30.3 Å². The molecule has 0 bridgehead atoms. The first-order chi connectivity index (χ1) is 16.8. The quantitative estimate of drug-likeness (QED) is 0.275. The van der Waals surface area contributed by atoms with E-state index in [0.29, 0.717) is 24.1 Å². The number of benzene rings is 4. The molecule has 0 radical (unpaired) electrons. The minimum Gasteiger partial charge on any atom is -0.309 e. The van der Waals surface area contributed by atoms with Crippen molar-refractivity contribution in [2.75, 3.05) is 0 Å². The van der Waals surface area contributed by atoms with Crippen LogP contribution in [0.3, 0.4) is 0 Å². The molecule has 4 aromatic rings. The molecule has 5 rings (SSSR count). The molecule has 1 aliphatic rings. The van der Waals surface area contributed by atoms with E-state index < -0.39 is 0 Å². The molecule has 0 spiro atoms. The third kappa shape index (κ3) is 6.58. The highest BCUT2D eigenvalue weighted by molar-refractivity contribution is 5.93. The maximum absolute atomic E-state index is 12.0. The van der Waals surface area contributed by atoms with Crippen molar-refractivity contribution in [3.63, 3.8) is 0 Å². The second-order valence-corrected chi connectivity index (χ2v) is 8.72. The molecule has 5 heteroatoms. The molecule has 178 valence electrons. The van der Waals surface area contributed by atoms with Gasteiger partial charge < -0.3 is 5.32 Å². The lowest BCUT2D eigenvalue weighted by molar-refractivity contribution is 0.0233. The average molecular weight is 485 g/mol. The fourth-order valence-corrected chi connectivity index (χ4v) is 4.18. The van der Waals surface area contributed by atoms with Gasteiger partial charge in [0.25, 0.3) is 5.91 Å². The first-order valence-electron chi connectivity index (χ1n) is 11.7. The van der Waals surface area contributed by atoms with E-state index >= 15 is 0 Å². The van der Waals surface area contributed by atoms with Crippen LogP contribution in [-0.2, 0) is 18.0 Å². The molecule has 0 heterocycles. The highest BCUT2D eigenvalue weighted by Gasteiger charge is 2.37. The van der Waals surface area contributed by atoms with Gasteiger partial charge in [0.15, 0.2) is 0 Å². The van der Waals surface area contributed by atoms with Crippen molar-refractivity contribution < 1.29 is 9.63 Å². The summed E-state index contributed by atoms with van der Waals surface area (Å²) in [4.78, 5) is 17.4. The van der Waals surface area contributed by atoms with Crippen LogP contribution in [-0.4, -0.2) is 11.9 Å². The fourth-order valence-electron chi connectivity index (χ4n) is 4.18. The topological polar surface area (TPSA) is 50.4 Å². The Hall–Kier alpha value is -3.44. The monoisotopic (exact) mass is 484 g/mol. The summed E-state index contributed by atoms with van der Waals surface area (Å²) >= 11 is 0. The van der Waals surface area contributed by atoms with Crippen molar-refractivity contribution in [2.24, 2.45) is 0 Å². The van der Waals surface area contributed by atoms with Gasteiger partial charge in [0.2, 0.25) is 0 Å². The second kappa shape index (κ2) is 11.8. The summed E-state index contributed by atoms with van der Waals surface area (Å²) in [5.74, 6) is 0.355. The van der Waals surface area contributed by atoms with Gasteiger partial charge in [0.05, 0.1) is 6.61 Å². The highest BCUT2D eigenvalue weighted by atomic mass is 35.5. The first-order valence-corrected chi connectivity index (χ1v) is 11.7. The number of carbonyl (C=O) groups excluding carboxylic acids is 1. The van der Waals surface area contributed by atoms with E-state index in [4.69, 9.17) is 4.84 Å². The molecule has 0 aliphatic heterocycles. The maximum Gasteiger partial charge on any atom is 0.274 e. The smallest absolute Gasteiger partial charge is 0.274 e. The molecule has 2 atom stereocenters. The maximum atomic E-state index is 12.0. The molecule has 2 N–H and O–H groups in total. The van der Waals surface area contributed by atoms with E-state index in [-0.39, 0.29) is 18.3 Å². The molecular formula is C30H29ClN2O2. The Bertz CT molecular complexity index is 1210. The minimum absolute atomic E-state index is 0. The standard InChI is InChI=1S/C30H28N2O2.ClH/c33-30(27-9-5-2-6-10-27)32-34-21-23-11-13-24(14-12-23)25-15-17-26(18-16-25)28-19-29(28)31-20-22-7-3-1-4-8-22;/h1-18,28-29,31H,19-21H2,(H,32,33);1H. The van der Waals surface area contributed by atoms with Crippen LogP contribution in [0.4, 0.5) is 0 Å². The zero-order valence-electron chi connectivity index (χ0n) is 19.4. The summed E-state index contributed by atoms with van der Waals surface area (Å²) in [5, 5.41) is 3.67. The number of hydrogen-bond acceptors (Lipinski definition) is 3. The molecule has 0 aromatic heterocycles. The van der Waals surface area contributed by atoms with Crippen LogP contribution in [0.15, 0.2) is 109 Å². The number of carbonyl (C=O) groups is 1. The summed E-state index contributed by atoms with van der Waals surface area (Å²) in [6.45, 7) is 1.24. The molecule has 0 saturated heterocycles. The Labute approximate surface area is 212 Å². The average Bonchev–Trinajstić information content (AvgIpc) is 3.69. The zero-order chi connectivity index (χ0) is 23.2. The minimum atomic E-state index is -0.245. The Balaban J connectivity index is 0.00000289. The Morgan fingerprint density at radius 1 is 0.743 bits per heavy atom. The largest absolute Gasteiger partial charge is 0.309 e. The molecule has 1 amide bonds. The van der Waals surface area contributed by atoms with E-state index in [9.17, 15) is 4.79 Å². The van der Waals surface area contributed by atoms with Crippen LogP contribution in [0.2, 0.25) is 0 Å². The molecule has 1 saturated carbocycles. The molecule has 1 aliphatic carbocycles. The van der Waals surface area contributed by atoms with Gasteiger partial charge in [-0.15, -0.1) is 12.4 Å². The highest BCUT2D eigenvalue weighted by Crippen LogP contribution is 2.41. The number of rotatable bonds is 9. The van der Waals surface area contributed by atoms with Gasteiger partial charge in [-0.05, 0) is 46.4 Å². The Kier molecular flexibility index (Phi) is 8.32. The summed E-state index contributed by atoms with van der Waals surface area (Å²) in [7, 11) is 0. The van der Waals surface area contributed by atoms with Crippen molar-refractivity contribution in [3.05, 3.63) is 131 Å². The van der Waals surface area contributed by atoms with Crippen LogP contribution in [0, 0.1) is 0 Å². The number of amides is 1. The normalized spacial score (nSPS) is 16.2. The van der Waals surface area contributed by atoms with Crippen LogP contribution in [0.5, 0.6) is 0 Å². The third-order valence-electron chi connectivity index (χ3n) is 6.27. The Morgan fingerprint density at radius 3 is 2.00 bits per heavy atom. The molecule has 2 unspecified atom stereocenters. The summed E-state index contributed by atoms with van der Waals surface area (Å²) in [6, 6.07) is 37.3. The van der Waals surface area contributed by atoms with Crippen LogP contribution in [0.1, 0.15) is 39.4 Å². The second-order valence-electron chi connectivity index (χ2n) is 8.72. The van der Waals surface area contributed by atoms with Gasteiger partial charge in [-0.2, -0.15) is 0 Å². The van der Waals surface area contributed by atoms with Crippen molar-refractivity contribution in [1.29, 1.82) is 0 Å². The van der Waals surface area contributed by atoms with E-state index in [1.54, 1.807) is 12.1 Å². The SMILES string of the molecule is Cl.O=C(NOCc1ccc(-c2ccc(C3CC3NCc3ccccc3)cc2)cc1)c1ccccc1. The van der Waals surface area contributed by atoms with Crippen LogP contribution < -0.4 is 10.8 Å². The third-order valence-corrected chi connectivity index (χ3v) is 6.27. The van der Waals surface area contributed by atoms with E-state index in [0.717, 1.165) is 17.7 Å². The predicted octanol–water partition coefficient (Wildman–Crippen LogP) is 6.28. The van der Waals surface area contributed by atoms with Crippen molar-refractivity contribution in [1.82, 2.24) is 10.8 Å². The number of hydrogen-bond donors (Lipinski definition) is 2. The van der Waals surface area contributed by atoms with Crippen molar-refractivity contribution in [3.8, 4) is 11.1 Å². The van der Waals surface area contributed by atoms with Crippen molar-refractivity contribution >= 4 is 18.3 Å². The zero-order valence-corrected chi connectivity index (χ0v) is 20.2. The fraction of sp³-hybridized carbons (Fsp3) is 0.167. The lowest BCUT2D eigenvalue weighted by Gasteiger charge is -2.08. The molecule has 4 nitrogen and oxygen atoms in total. The van der Waals surface area contributed by atoms with Gasteiger partial charge in [-0.3, -0.25) is 9.63 Å². The lowest BCUT2D eigenvalue weighted by atomic mass is 10.0. The molecule has 35 heavy (non-hydrogen) atoms. The number of halogens is 1. The van der Waals surface area contributed by atoms with Gasteiger partial charge in [-0.1, -0.05) is 97.1 Å². The predicted molar refractivity (Wildman–Crippen MR) is 142 cm³/mol. The van der Waals surface area contributed by atoms with Gasteiger partial charge >= 0.3 is 0 Å². The van der Waals surface area contributed by atoms with Gasteiger partial charge in [0.1, 0.15) is 0 Å². The number of hydroxylamine groups is 1. The van der Waals surface area contributed by atoms with E-state index in [1.165, 1.54) is 23.1 Å². The van der Waals surface area contributed by atoms with Crippen LogP contribution >= 0.6 is 12.4 Å². The van der Waals surface area contributed by atoms with Crippen LogP contribution in [0.25, 0.3) is 11.1 Å². The van der Waals surface area contributed by atoms with Gasteiger partial charge in [-0.25, -0.2) is 5.48 Å². The van der Waals surface area contributed by atoms with Gasteiger partial charge in [0, 0.05) is 24.1 Å². The lowest BCUT2D eigenvalue weighted by Crippen LogP contribution is -2.23.